The van der Waals surface area contributed by atoms with Gasteiger partial charge in [-0.3, -0.25) is 14.4 Å². The third-order valence-corrected chi connectivity index (χ3v) is 13.3. The summed E-state index contributed by atoms with van der Waals surface area (Å²) < 4.78 is 2.44. The lowest BCUT2D eigenvalue weighted by Crippen LogP contribution is -2.31. The number of benzene rings is 6. The third-order valence-electron chi connectivity index (χ3n) is 11.2. The number of halogens is 2. The van der Waals surface area contributed by atoms with Crippen LogP contribution in [0.3, 0.4) is 0 Å². The minimum Gasteiger partial charge on any atom is -0.346 e. The van der Waals surface area contributed by atoms with Gasteiger partial charge in [-0.15, -0.1) is 6.58 Å². The second-order valence-corrected chi connectivity index (χ2v) is 17.1. The molecule has 2 amide bonds. The van der Waals surface area contributed by atoms with E-state index in [-0.39, 0.29) is 0 Å². The molecule has 0 saturated carbocycles. The fraction of sp³-hybridized carbons (Fsp3) is 0.241. The van der Waals surface area contributed by atoms with E-state index in [0.29, 0.717) is 23.7 Å². The molecule has 7 heteroatoms. The van der Waals surface area contributed by atoms with Crippen LogP contribution in [0.15, 0.2) is 161 Å². The quantitative estimate of drug-likeness (QED) is 0.0823. The van der Waals surface area contributed by atoms with E-state index in [0.717, 1.165) is 25.8 Å². The molecule has 5 nitrogen and oxygen atoms in total. The van der Waals surface area contributed by atoms with Gasteiger partial charge in [0.2, 0.25) is 5.91 Å². The van der Waals surface area contributed by atoms with E-state index in [2.05, 4.69) is 148 Å². The Morgan fingerprint density at radius 1 is 0.656 bits per heavy atom. The standard InChI is InChI=1S/C19H20Br2.C18H14.C11H9NO2.C6H11NO/c1-2-3-4-5-10-15-16-11-13-8-6-7-9-14(13)17(16)12-18(20)19(15)21;1-3-7-15(8-4-1)17-11-13-18(14-12-17)16-9-5-2-6-10-16;1-2-7-12-9-6-4-3-5-8(9)10(13)11(12)14;1-7-5-3-2-4-6(7)8/h6-9,12H,2-5,10-11H2,1H3;1-14H;2-6H,1,7H2;2-5H2,1H3. The molecule has 2 aliphatic heterocycles. The number of amides is 2. The highest BCUT2D eigenvalue weighted by molar-refractivity contribution is 9.13. The number of fused-ring (bicyclic) bond motifs is 4. The lowest BCUT2D eigenvalue weighted by atomic mass is 9.97. The van der Waals surface area contributed by atoms with Gasteiger partial charge in [0.25, 0.3) is 11.7 Å². The Hall–Kier alpha value is -5.37. The summed E-state index contributed by atoms with van der Waals surface area (Å²) >= 11 is 7.53. The Kier molecular flexibility index (Phi) is 16.6. The first-order chi connectivity index (χ1) is 29.7. The molecule has 0 atom stereocenters. The van der Waals surface area contributed by atoms with Crippen molar-refractivity contribution < 1.29 is 14.4 Å². The number of rotatable bonds is 9. The van der Waals surface area contributed by atoms with E-state index in [9.17, 15) is 14.4 Å². The molecule has 3 aliphatic rings. The van der Waals surface area contributed by atoms with Gasteiger partial charge in [0.05, 0.1) is 11.3 Å². The number of ketones is 1. The van der Waals surface area contributed by atoms with Crippen LogP contribution in [-0.2, 0) is 22.4 Å². The van der Waals surface area contributed by atoms with E-state index in [1.54, 1.807) is 35.2 Å². The SMILES string of the molecule is C=CCN1C(=O)C(=O)c2ccccc21.CCCCCCc1c(Br)c(Br)cc2c1Cc1ccccc1-2.CN1CCCCC1=O.c1ccc(-c2ccc(-c3ccccc3)cc2)cc1. The molecule has 6 aromatic rings. The van der Waals surface area contributed by atoms with Crippen LogP contribution in [0.25, 0.3) is 33.4 Å². The molecule has 0 spiro atoms. The monoisotopic (exact) mass is 936 g/mol. The highest BCUT2D eigenvalue weighted by atomic mass is 79.9. The summed E-state index contributed by atoms with van der Waals surface area (Å²) in [7, 11) is 1.86. The van der Waals surface area contributed by atoms with Gasteiger partial charge in [-0.05, 0) is 132 Å². The van der Waals surface area contributed by atoms with Gasteiger partial charge in [-0.1, -0.05) is 154 Å². The number of likely N-dealkylation sites (tertiary alicyclic amines) is 1. The van der Waals surface area contributed by atoms with Crippen LogP contribution in [0, 0.1) is 0 Å². The number of nitrogens with zero attached hydrogens (tertiary/aromatic N) is 2. The zero-order chi connectivity index (χ0) is 43.1. The van der Waals surface area contributed by atoms with Crippen molar-refractivity contribution in [2.75, 3.05) is 25.0 Å². The average Bonchev–Trinajstić information content (AvgIpc) is 3.79. The maximum atomic E-state index is 11.5. The van der Waals surface area contributed by atoms with Gasteiger partial charge in [-0.25, -0.2) is 0 Å². The molecule has 61 heavy (non-hydrogen) atoms. The fourth-order valence-electron chi connectivity index (χ4n) is 7.89. The van der Waals surface area contributed by atoms with Crippen LogP contribution >= 0.6 is 31.9 Å². The van der Waals surface area contributed by atoms with Crippen molar-refractivity contribution in [2.45, 2.75) is 64.7 Å². The normalized spacial score (nSPS) is 13.4. The molecular weight excluding hydrogens is 884 g/mol. The number of hydrogen-bond donors (Lipinski definition) is 0. The number of Topliss-reactive ketones (excluding diaryl/α,β-unsaturated/α-hetero) is 1. The molecule has 2 heterocycles. The first-order valence-electron chi connectivity index (χ1n) is 21.3. The van der Waals surface area contributed by atoms with Crippen LogP contribution in [0.2, 0.25) is 0 Å². The predicted molar refractivity (Wildman–Crippen MR) is 260 cm³/mol. The Morgan fingerprint density at radius 2 is 1.23 bits per heavy atom. The first kappa shape index (κ1) is 45.2. The minimum atomic E-state index is -0.467. The van der Waals surface area contributed by atoms with Crippen molar-refractivity contribution >= 4 is 55.1 Å². The minimum absolute atomic E-state index is 0.302. The summed E-state index contributed by atoms with van der Waals surface area (Å²) in [6, 6.07) is 47.7. The summed E-state index contributed by atoms with van der Waals surface area (Å²) in [6.07, 6.45) is 12.1. The average molecular weight is 939 g/mol. The maximum absolute atomic E-state index is 11.5. The lowest BCUT2D eigenvalue weighted by Gasteiger charge is -2.21. The van der Waals surface area contributed by atoms with E-state index >= 15 is 0 Å². The van der Waals surface area contributed by atoms with Crippen molar-refractivity contribution in [3.05, 3.63) is 183 Å². The zero-order valence-corrected chi connectivity index (χ0v) is 38.4. The summed E-state index contributed by atoms with van der Waals surface area (Å²) in [5.74, 6) is -0.593. The maximum Gasteiger partial charge on any atom is 0.299 e. The van der Waals surface area contributed by atoms with E-state index in [1.165, 1.54) is 102 Å². The molecule has 9 rings (SSSR count). The van der Waals surface area contributed by atoms with Gasteiger partial charge in [0, 0.05) is 35.5 Å². The lowest BCUT2D eigenvalue weighted by molar-refractivity contribution is -0.131. The Labute approximate surface area is 378 Å². The number of carbonyl (C=O) groups is 3. The predicted octanol–water partition coefficient (Wildman–Crippen LogP) is 14.0. The van der Waals surface area contributed by atoms with Crippen LogP contribution < -0.4 is 4.90 Å². The molecule has 6 aromatic carbocycles. The molecule has 0 radical (unpaired) electrons. The van der Waals surface area contributed by atoms with Crippen molar-refractivity contribution in [2.24, 2.45) is 0 Å². The molecule has 0 N–H and O–H groups in total. The topological polar surface area (TPSA) is 57.7 Å². The second kappa shape index (κ2) is 22.5. The highest BCUT2D eigenvalue weighted by Crippen LogP contribution is 2.44. The molecule has 1 fully saturated rings. The van der Waals surface area contributed by atoms with Crippen LogP contribution in [-0.4, -0.2) is 42.6 Å². The molecule has 1 aliphatic carbocycles. The van der Waals surface area contributed by atoms with Crippen LogP contribution in [0.1, 0.15) is 78.9 Å². The van der Waals surface area contributed by atoms with Crippen molar-refractivity contribution in [3.63, 3.8) is 0 Å². The number of anilines is 1. The molecular formula is C54H54Br2N2O3. The summed E-state index contributed by atoms with van der Waals surface area (Å²) in [5.41, 5.74) is 13.5. The van der Waals surface area contributed by atoms with Crippen molar-refractivity contribution in [1.82, 2.24) is 4.90 Å². The Balaban J connectivity index is 0.000000142. The molecule has 1 saturated heterocycles. The van der Waals surface area contributed by atoms with Gasteiger partial charge >= 0.3 is 0 Å². The van der Waals surface area contributed by atoms with E-state index < -0.39 is 11.7 Å². The third kappa shape index (κ3) is 11.5. The smallest absolute Gasteiger partial charge is 0.299 e. The Bertz CT molecular complexity index is 2370. The molecule has 0 aromatic heterocycles. The number of piperidine rings is 1. The van der Waals surface area contributed by atoms with Crippen molar-refractivity contribution in [3.8, 4) is 33.4 Å². The van der Waals surface area contributed by atoms with Gasteiger partial charge in [0.1, 0.15) is 0 Å². The van der Waals surface area contributed by atoms with Crippen LogP contribution in [0.4, 0.5) is 5.69 Å². The van der Waals surface area contributed by atoms with Crippen molar-refractivity contribution in [1.29, 1.82) is 0 Å². The molecule has 0 unspecified atom stereocenters. The summed E-state index contributed by atoms with van der Waals surface area (Å²) in [4.78, 5) is 36.9. The summed E-state index contributed by atoms with van der Waals surface area (Å²) in [6.45, 7) is 7.15. The fourth-order valence-corrected chi connectivity index (χ4v) is 8.91. The van der Waals surface area contributed by atoms with Gasteiger partial charge in [0.15, 0.2) is 0 Å². The number of unbranched alkanes of at least 4 members (excludes halogenated alkanes) is 3. The zero-order valence-electron chi connectivity index (χ0n) is 35.2. The highest BCUT2D eigenvalue weighted by Gasteiger charge is 2.34. The molecule has 0 bridgehead atoms. The number of hydrogen-bond acceptors (Lipinski definition) is 3. The van der Waals surface area contributed by atoms with Gasteiger partial charge in [-0.2, -0.15) is 0 Å². The largest absolute Gasteiger partial charge is 0.346 e. The number of para-hydroxylation sites is 1. The van der Waals surface area contributed by atoms with E-state index in [4.69, 9.17) is 0 Å². The van der Waals surface area contributed by atoms with E-state index in [1.807, 2.05) is 19.2 Å². The second-order valence-electron chi connectivity index (χ2n) is 15.5. The van der Waals surface area contributed by atoms with Crippen LogP contribution in [0.5, 0.6) is 0 Å². The molecule has 312 valence electrons. The summed E-state index contributed by atoms with van der Waals surface area (Å²) in [5, 5.41) is 0. The Morgan fingerprint density at radius 3 is 1.80 bits per heavy atom. The number of carbonyl (C=O) groups excluding carboxylic acids is 3. The van der Waals surface area contributed by atoms with Gasteiger partial charge < -0.3 is 9.80 Å². The first-order valence-corrected chi connectivity index (χ1v) is 22.9.